The Morgan fingerprint density at radius 3 is 2.69 bits per heavy atom. The van der Waals surface area contributed by atoms with E-state index in [2.05, 4.69) is 27.2 Å². The van der Waals surface area contributed by atoms with Gasteiger partial charge >= 0.3 is 0 Å². The molecule has 3 N–H and O–H groups in total. The summed E-state index contributed by atoms with van der Waals surface area (Å²) in [6.07, 6.45) is 2.09. The second-order valence-corrected chi connectivity index (χ2v) is 10.1. The van der Waals surface area contributed by atoms with Crippen molar-refractivity contribution in [1.82, 2.24) is 5.32 Å². The van der Waals surface area contributed by atoms with Crippen molar-refractivity contribution in [3.63, 3.8) is 0 Å². The molecule has 0 aliphatic carbocycles. The highest BCUT2D eigenvalue weighted by Crippen LogP contribution is 2.31. The summed E-state index contributed by atoms with van der Waals surface area (Å²) >= 11 is 8.32. The zero-order chi connectivity index (χ0) is 27.6. The number of aliphatic imine (C=N–C) groups is 1. The van der Waals surface area contributed by atoms with Gasteiger partial charge in [-0.3, -0.25) is 4.99 Å². The van der Waals surface area contributed by atoms with Gasteiger partial charge in [0.05, 0.1) is 11.6 Å². The lowest BCUT2D eigenvalue weighted by Gasteiger charge is -2.16. The Labute approximate surface area is 238 Å². The highest BCUT2D eigenvalue weighted by Gasteiger charge is 2.14. The second-order valence-electron chi connectivity index (χ2n) is 8.71. The normalized spacial score (nSPS) is 11.5. The zero-order valence-corrected chi connectivity index (χ0v) is 23.8. The van der Waals surface area contributed by atoms with Crippen molar-refractivity contribution in [2.45, 2.75) is 13.2 Å². The minimum atomic E-state index is -0.302. The number of thioether (sulfide) groups is 1. The molecule has 6 nitrogen and oxygen atoms in total. The van der Waals surface area contributed by atoms with E-state index in [0.717, 1.165) is 51.9 Å². The topological polar surface area (TPSA) is 70.8 Å². The Kier molecular flexibility index (Phi) is 10.3. The van der Waals surface area contributed by atoms with Crippen LogP contribution in [0.4, 0.5) is 15.8 Å². The first-order chi connectivity index (χ1) is 19.0. The number of hydrogen-bond acceptors (Lipinski definition) is 6. The van der Waals surface area contributed by atoms with Crippen LogP contribution >= 0.6 is 23.4 Å². The molecule has 0 radical (unpaired) electrons. The maximum atomic E-state index is 13.5. The fraction of sp³-hybridized carbons (Fsp3) is 0.233. The molecule has 1 heterocycles. The molecule has 0 aliphatic heterocycles. The van der Waals surface area contributed by atoms with E-state index in [-0.39, 0.29) is 12.4 Å². The van der Waals surface area contributed by atoms with Gasteiger partial charge in [-0.2, -0.15) is 11.8 Å². The van der Waals surface area contributed by atoms with Crippen LogP contribution in [0.5, 0.6) is 5.75 Å². The molecule has 0 amide bonds. The summed E-state index contributed by atoms with van der Waals surface area (Å²) in [5.74, 6) is 3.61. The van der Waals surface area contributed by atoms with Gasteiger partial charge in [0.25, 0.3) is 0 Å². The molecule has 39 heavy (non-hydrogen) atoms. The van der Waals surface area contributed by atoms with Crippen LogP contribution in [0.1, 0.15) is 16.9 Å². The Hall–Kier alpha value is -3.46. The first kappa shape index (κ1) is 28.5. The van der Waals surface area contributed by atoms with E-state index in [1.807, 2.05) is 55.2 Å². The number of ether oxygens (including phenoxy) is 1. The third-order valence-electron chi connectivity index (χ3n) is 5.97. The van der Waals surface area contributed by atoms with Gasteiger partial charge in [-0.1, -0.05) is 23.7 Å². The van der Waals surface area contributed by atoms with Gasteiger partial charge in [0.15, 0.2) is 0 Å². The van der Waals surface area contributed by atoms with E-state index in [1.165, 1.54) is 12.1 Å². The maximum Gasteiger partial charge on any atom is 0.138 e. The van der Waals surface area contributed by atoms with Gasteiger partial charge in [0, 0.05) is 48.9 Å². The molecule has 0 saturated heterocycles. The summed E-state index contributed by atoms with van der Waals surface area (Å²) in [5, 5.41) is 10.4. The number of rotatable bonds is 12. The number of hydrogen-bond donors (Lipinski definition) is 3. The summed E-state index contributed by atoms with van der Waals surface area (Å²) in [4.78, 5) is 4.51. The average Bonchev–Trinajstić information content (AvgIpc) is 3.42. The minimum Gasteiger partial charge on any atom is -0.487 e. The van der Waals surface area contributed by atoms with Gasteiger partial charge in [-0.25, -0.2) is 4.39 Å². The molecule has 0 spiro atoms. The molecule has 9 heteroatoms. The van der Waals surface area contributed by atoms with Crippen LogP contribution in [0.15, 0.2) is 82.2 Å². The van der Waals surface area contributed by atoms with E-state index in [1.54, 1.807) is 31.3 Å². The molecule has 4 aromatic rings. The van der Waals surface area contributed by atoms with Gasteiger partial charge < -0.3 is 25.1 Å². The van der Waals surface area contributed by atoms with E-state index in [0.29, 0.717) is 23.2 Å². The van der Waals surface area contributed by atoms with Gasteiger partial charge in [-0.05, 0) is 72.5 Å². The van der Waals surface area contributed by atoms with Crippen molar-refractivity contribution in [3.05, 3.63) is 101 Å². The largest absolute Gasteiger partial charge is 0.487 e. The second kappa shape index (κ2) is 14.1. The quantitative estimate of drug-likeness (QED) is 0.0949. The molecule has 3 aromatic carbocycles. The smallest absolute Gasteiger partial charge is 0.138 e. The molecule has 0 aliphatic rings. The molecule has 0 saturated carbocycles. The van der Waals surface area contributed by atoms with Crippen molar-refractivity contribution in [1.29, 1.82) is 0 Å². The van der Waals surface area contributed by atoms with Crippen molar-refractivity contribution in [3.8, 4) is 17.1 Å². The third-order valence-corrected chi connectivity index (χ3v) is 6.88. The lowest BCUT2D eigenvalue weighted by atomic mass is 10.1. The standard InChI is InChI=1S/C30H32ClFN4O2S/c1-33-27-10-7-21(28-12-9-24(38-28)18-35-13-14-39-3)16-25(27)30(34-2)36-23-8-11-29(26(31)17-23)37-19-20-5-4-6-22(32)15-20/h4-12,15-17,33,35H,13-14,18-19H2,1-3H3,(H,34,36). The van der Waals surface area contributed by atoms with Crippen LogP contribution in [0, 0.1) is 5.82 Å². The van der Waals surface area contributed by atoms with E-state index < -0.39 is 0 Å². The number of halogens is 2. The highest BCUT2D eigenvalue weighted by molar-refractivity contribution is 7.98. The fourth-order valence-corrected chi connectivity index (χ4v) is 4.57. The van der Waals surface area contributed by atoms with Crippen LogP contribution in [-0.4, -0.2) is 38.5 Å². The molecule has 0 unspecified atom stereocenters. The Bertz CT molecular complexity index is 1430. The average molecular weight is 567 g/mol. The predicted octanol–water partition coefficient (Wildman–Crippen LogP) is 7.30. The van der Waals surface area contributed by atoms with Gasteiger partial charge in [0.2, 0.25) is 0 Å². The van der Waals surface area contributed by atoms with Crippen molar-refractivity contribution in [2.75, 3.05) is 43.3 Å². The number of benzene rings is 3. The lowest BCUT2D eigenvalue weighted by molar-refractivity contribution is 0.306. The van der Waals surface area contributed by atoms with E-state index in [9.17, 15) is 4.39 Å². The number of amidine groups is 1. The maximum absolute atomic E-state index is 13.5. The minimum absolute atomic E-state index is 0.215. The molecular formula is C30H32ClFN4O2S. The van der Waals surface area contributed by atoms with Crippen LogP contribution in [0.3, 0.4) is 0 Å². The van der Waals surface area contributed by atoms with Gasteiger partial charge in [-0.15, -0.1) is 0 Å². The summed E-state index contributed by atoms with van der Waals surface area (Å²) in [6.45, 7) is 1.84. The highest BCUT2D eigenvalue weighted by atomic mass is 35.5. The lowest BCUT2D eigenvalue weighted by Crippen LogP contribution is -2.16. The van der Waals surface area contributed by atoms with E-state index >= 15 is 0 Å². The first-order valence-electron chi connectivity index (χ1n) is 12.5. The zero-order valence-electron chi connectivity index (χ0n) is 22.2. The first-order valence-corrected chi connectivity index (χ1v) is 14.3. The Balaban J connectivity index is 1.48. The van der Waals surface area contributed by atoms with Crippen molar-refractivity contribution >= 4 is 40.6 Å². The summed E-state index contributed by atoms with van der Waals surface area (Å²) in [6, 6.07) is 21.8. The Morgan fingerprint density at radius 2 is 1.95 bits per heavy atom. The van der Waals surface area contributed by atoms with Crippen molar-refractivity contribution < 1.29 is 13.5 Å². The number of nitrogens with one attached hydrogen (secondary N) is 3. The van der Waals surface area contributed by atoms with Gasteiger partial charge in [0.1, 0.15) is 35.5 Å². The van der Waals surface area contributed by atoms with Crippen molar-refractivity contribution in [2.24, 2.45) is 4.99 Å². The van der Waals surface area contributed by atoms with Crippen LogP contribution in [0.25, 0.3) is 11.3 Å². The summed E-state index contributed by atoms with van der Waals surface area (Å²) in [5.41, 5.74) is 4.22. The molecular weight excluding hydrogens is 535 g/mol. The molecule has 0 atom stereocenters. The number of nitrogens with zero attached hydrogens (tertiary/aromatic N) is 1. The monoisotopic (exact) mass is 566 g/mol. The molecule has 204 valence electrons. The molecule has 0 bridgehead atoms. The predicted molar refractivity (Wildman–Crippen MR) is 162 cm³/mol. The van der Waals surface area contributed by atoms with Crippen LogP contribution < -0.4 is 20.7 Å². The molecule has 0 fully saturated rings. The number of anilines is 2. The summed E-state index contributed by atoms with van der Waals surface area (Å²) < 4.78 is 25.4. The third kappa shape index (κ3) is 7.79. The summed E-state index contributed by atoms with van der Waals surface area (Å²) in [7, 11) is 3.61. The molecule has 4 rings (SSSR count). The number of furan rings is 1. The molecule has 1 aromatic heterocycles. The SMILES string of the molecule is CN=C(Nc1ccc(OCc2cccc(F)c2)c(Cl)c1)c1cc(-c2ccc(CNCCSC)o2)ccc1NC. The van der Waals surface area contributed by atoms with Crippen LogP contribution in [-0.2, 0) is 13.2 Å². The Morgan fingerprint density at radius 1 is 1.08 bits per heavy atom. The fourth-order valence-electron chi connectivity index (χ4n) is 3.99. The van der Waals surface area contributed by atoms with Crippen LogP contribution in [0.2, 0.25) is 5.02 Å². The van der Waals surface area contributed by atoms with E-state index in [4.69, 9.17) is 20.8 Å².